The zero-order valence-corrected chi connectivity index (χ0v) is 20.3. The predicted octanol–water partition coefficient (Wildman–Crippen LogP) is 2.78. The van der Waals surface area contributed by atoms with Crippen molar-refractivity contribution < 1.29 is 50.9 Å². The van der Waals surface area contributed by atoms with Crippen LogP contribution < -0.4 is 10.2 Å². The molecule has 1 saturated heterocycles. The summed E-state index contributed by atoms with van der Waals surface area (Å²) in [6.45, 7) is 5.19. The van der Waals surface area contributed by atoms with E-state index >= 15 is 0 Å². The molecule has 0 spiro atoms. The van der Waals surface area contributed by atoms with Crippen LogP contribution in [0.25, 0.3) is 0 Å². The van der Waals surface area contributed by atoms with E-state index in [1.54, 1.807) is 13.1 Å². The molecule has 1 aliphatic rings. The Balaban J connectivity index is 0.000000426. The van der Waals surface area contributed by atoms with Gasteiger partial charge in [0.05, 0.1) is 5.69 Å². The van der Waals surface area contributed by atoms with Crippen LogP contribution >= 0.6 is 0 Å². The fourth-order valence-electron chi connectivity index (χ4n) is 3.08. The minimum atomic E-state index is -5.08. The number of carboxylic acid groups (broad SMARTS) is 2. The van der Waals surface area contributed by atoms with Gasteiger partial charge in [-0.05, 0) is 44.9 Å². The standard InChI is InChI=1S/C17H24N6O.2C2HF3O2/c1-13(24)15-3-4-17(19-9-15)22-7-5-14(6-8-22)11-23-12-16(10-18-2)20-21-23;2*3-2(4,5)1(6)7/h3-4,9,12,14,18H,5-8,10-11H2,1-2H3;2*(H,6,7). The summed E-state index contributed by atoms with van der Waals surface area (Å²) in [5, 5.41) is 25.7. The number of aromatic nitrogens is 4. The maximum Gasteiger partial charge on any atom is 0.490 e. The van der Waals surface area contributed by atoms with Gasteiger partial charge in [0.25, 0.3) is 0 Å². The number of hydrogen-bond acceptors (Lipinski definition) is 8. The van der Waals surface area contributed by atoms with Crippen LogP contribution in [0, 0.1) is 5.92 Å². The zero-order valence-electron chi connectivity index (χ0n) is 20.3. The Hall–Kier alpha value is -3.76. The maximum absolute atomic E-state index is 11.3. The first-order valence-corrected chi connectivity index (χ1v) is 10.9. The molecule has 0 unspecified atom stereocenters. The Bertz CT molecular complexity index is 1030. The lowest BCUT2D eigenvalue weighted by Gasteiger charge is -2.32. The van der Waals surface area contributed by atoms with Crippen LogP contribution in [-0.4, -0.2) is 80.4 Å². The molecular weight excluding hydrogens is 530 g/mol. The highest BCUT2D eigenvalue weighted by atomic mass is 19.4. The van der Waals surface area contributed by atoms with E-state index in [0.717, 1.165) is 50.5 Å². The molecule has 0 bridgehead atoms. The van der Waals surface area contributed by atoms with Crippen molar-refractivity contribution in [3.05, 3.63) is 35.8 Å². The van der Waals surface area contributed by atoms with Crippen molar-refractivity contribution in [2.24, 2.45) is 5.92 Å². The molecule has 1 aliphatic heterocycles. The summed E-state index contributed by atoms with van der Waals surface area (Å²) >= 11 is 0. The lowest BCUT2D eigenvalue weighted by atomic mass is 9.97. The Kier molecular flexibility index (Phi) is 12.1. The third-order valence-corrected chi connectivity index (χ3v) is 4.97. The van der Waals surface area contributed by atoms with E-state index in [0.29, 0.717) is 11.5 Å². The molecule has 17 heteroatoms. The maximum atomic E-state index is 11.3. The Morgan fingerprint density at radius 1 is 1.03 bits per heavy atom. The van der Waals surface area contributed by atoms with E-state index in [9.17, 15) is 31.1 Å². The molecule has 11 nitrogen and oxygen atoms in total. The largest absolute Gasteiger partial charge is 0.490 e. The molecule has 2 aromatic heterocycles. The third kappa shape index (κ3) is 11.5. The number of pyridine rings is 1. The number of aliphatic carboxylic acids is 2. The van der Waals surface area contributed by atoms with Crippen molar-refractivity contribution in [2.75, 3.05) is 25.0 Å². The van der Waals surface area contributed by atoms with Gasteiger partial charge in [0.15, 0.2) is 5.78 Å². The minimum absolute atomic E-state index is 0.0539. The lowest BCUT2D eigenvalue weighted by molar-refractivity contribution is -0.193. The second-order valence-electron chi connectivity index (χ2n) is 7.96. The predicted molar refractivity (Wildman–Crippen MR) is 119 cm³/mol. The number of hydrogen-bond donors (Lipinski definition) is 3. The first-order chi connectivity index (χ1) is 17.5. The minimum Gasteiger partial charge on any atom is -0.475 e. The molecule has 0 aromatic carbocycles. The quantitative estimate of drug-likeness (QED) is 0.358. The van der Waals surface area contributed by atoms with Gasteiger partial charge in [-0.2, -0.15) is 26.3 Å². The number of halogens is 6. The van der Waals surface area contributed by atoms with Gasteiger partial charge in [0.1, 0.15) is 5.82 Å². The SMILES string of the molecule is CNCc1cn(CC2CCN(c3ccc(C(C)=O)cn3)CC2)nn1.O=C(O)C(F)(F)F.O=C(O)C(F)(F)F. The van der Waals surface area contributed by atoms with Crippen molar-refractivity contribution in [3.63, 3.8) is 0 Å². The van der Waals surface area contributed by atoms with Crippen molar-refractivity contribution in [1.82, 2.24) is 25.3 Å². The molecule has 0 aliphatic carbocycles. The molecule has 2 aromatic rings. The first-order valence-electron chi connectivity index (χ1n) is 10.9. The van der Waals surface area contributed by atoms with E-state index < -0.39 is 24.3 Å². The average molecular weight is 556 g/mol. The average Bonchev–Trinajstić information content (AvgIpc) is 3.26. The third-order valence-electron chi connectivity index (χ3n) is 4.97. The topological polar surface area (TPSA) is 151 Å². The summed E-state index contributed by atoms with van der Waals surface area (Å²) in [5.74, 6) is -3.89. The van der Waals surface area contributed by atoms with Crippen LogP contribution in [0.3, 0.4) is 0 Å². The second-order valence-corrected chi connectivity index (χ2v) is 7.96. The molecular formula is C21H26F6N6O5. The van der Waals surface area contributed by atoms with Gasteiger partial charge < -0.3 is 20.4 Å². The van der Waals surface area contributed by atoms with E-state index in [2.05, 4.69) is 25.5 Å². The highest BCUT2D eigenvalue weighted by Crippen LogP contribution is 2.23. The van der Waals surface area contributed by atoms with Crippen LogP contribution in [-0.2, 0) is 22.7 Å². The molecule has 0 radical (unpaired) electrons. The number of Topliss-reactive ketones (excluding diaryl/α,β-unsaturated/α-hetero) is 1. The summed E-state index contributed by atoms with van der Waals surface area (Å²) in [6, 6.07) is 3.80. The number of carbonyl (C=O) groups excluding carboxylic acids is 1. The summed E-state index contributed by atoms with van der Waals surface area (Å²) < 4.78 is 65.4. The van der Waals surface area contributed by atoms with Crippen molar-refractivity contribution >= 4 is 23.5 Å². The van der Waals surface area contributed by atoms with Gasteiger partial charge in [-0.1, -0.05) is 5.21 Å². The smallest absolute Gasteiger partial charge is 0.475 e. The summed E-state index contributed by atoms with van der Waals surface area (Å²) in [6.07, 6.45) is -4.26. The fourth-order valence-corrected chi connectivity index (χ4v) is 3.08. The van der Waals surface area contributed by atoms with Crippen molar-refractivity contribution in [2.45, 2.75) is 45.2 Å². The Labute approximate surface area is 212 Å². The van der Waals surface area contributed by atoms with Gasteiger partial charge in [-0.15, -0.1) is 5.10 Å². The number of nitrogens with one attached hydrogen (secondary N) is 1. The Morgan fingerprint density at radius 3 is 1.95 bits per heavy atom. The van der Waals surface area contributed by atoms with E-state index in [4.69, 9.17) is 19.8 Å². The summed E-state index contributed by atoms with van der Waals surface area (Å²) in [5.41, 5.74) is 1.64. The van der Waals surface area contributed by atoms with E-state index in [-0.39, 0.29) is 5.78 Å². The number of ketones is 1. The highest BCUT2D eigenvalue weighted by Gasteiger charge is 2.38. The number of rotatable bonds is 6. The second kappa shape index (κ2) is 14.3. The number of nitrogens with zero attached hydrogens (tertiary/aromatic N) is 5. The van der Waals surface area contributed by atoms with Crippen molar-refractivity contribution in [1.29, 1.82) is 0 Å². The van der Waals surface area contributed by atoms with E-state index in [1.807, 2.05) is 30.1 Å². The van der Waals surface area contributed by atoms with Crippen LogP contribution in [0.1, 0.15) is 35.8 Å². The molecule has 1 fully saturated rings. The van der Waals surface area contributed by atoms with Gasteiger partial charge >= 0.3 is 24.3 Å². The number of carboxylic acids is 2. The van der Waals surface area contributed by atoms with Gasteiger partial charge in [0, 0.05) is 44.1 Å². The van der Waals surface area contributed by atoms with Gasteiger partial charge in [0.2, 0.25) is 0 Å². The highest BCUT2D eigenvalue weighted by molar-refractivity contribution is 5.93. The molecule has 3 heterocycles. The molecule has 38 heavy (non-hydrogen) atoms. The first kappa shape index (κ1) is 32.3. The van der Waals surface area contributed by atoms with E-state index in [1.165, 1.54) is 0 Å². The van der Waals surface area contributed by atoms with Crippen LogP contribution in [0.4, 0.5) is 32.2 Å². The summed E-state index contributed by atoms with van der Waals surface area (Å²) in [4.78, 5) is 35.8. The number of piperidine rings is 1. The molecule has 0 amide bonds. The molecule has 3 rings (SSSR count). The number of alkyl halides is 6. The van der Waals surface area contributed by atoms with Crippen LogP contribution in [0.15, 0.2) is 24.5 Å². The number of anilines is 1. The van der Waals surface area contributed by atoms with Gasteiger partial charge in [-0.3, -0.25) is 9.48 Å². The molecule has 0 saturated carbocycles. The molecule has 0 atom stereocenters. The van der Waals surface area contributed by atoms with Crippen LogP contribution in [0.5, 0.6) is 0 Å². The van der Waals surface area contributed by atoms with Gasteiger partial charge in [-0.25, -0.2) is 14.6 Å². The van der Waals surface area contributed by atoms with Crippen LogP contribution in [0.2, 0.25) is 0 Å². The normalized spacial score (nSPS) is 14.1. The van der Waals surface area contributed by atoms with Crippen molar-refractivity contribution in [3.8, 4) is 0 Å². The monoisotopic (exact) mass is 556 g/mol. The number of carbonyl (C=O) groups is 3. The lowest BCUT2D eigenvalue weighted by Crippen LogP contribution is -2.35. The summed E-state index contributed by atoms with van der Waals surface area (Å²) in [7, 11) is 1.91. The molecule has 212 valence electrons. The zero-order chi connectivity index (χ0) is 29.1. The fraction of sp³-hybridized carbons (Fsp3) is 0.524. The Morgan fingerprint density at radius 2 is 1.55 bits per heavy atom. The molecule has 3 N–H and O–H groups in total.